The molecule has 3 rings (SSSR count). The Labute approximate surface area is 204 Å². The van der Waals surface area contributed by atoms with Crippen LogP contribution < -0.4 is 10.0 Å². The maximum atomic E-state index is 12.8. The molecular formula is C26H26N2O6S. The SMILES string of the molecule is CC(=O)c1ccc(NC(=O)[C@H](C)OC(=O)c2cc(S(=O)(=O)Nc3ccc(C)cc3)ccc2C)cc1. The number of benzene rings is 3. The van der Waals surface area contributed by atoms with Crippen molar-refractivity contribution in [3.8, 4) is 0 Å². The van der Waals surface area contributed by atoms with Gasteiger partial charge in [-0.3, -0.25) is 14.3 Å². The fraction of sp³-hybridized carbons (Fsp3) is 0.192. The van der Waals surface area contributed by atoms with Crippen LogP contribution in [0.15, 0.2) is 71.6 Å². The van der Waals surface area contributed by atoms with E-state index in [1.807, 2.05) is 6.92 Å². The van der Waals surface area contributed by atoms with E-state index in [0.717, 1.165) is 5.56 Å². The molecular weight excluding hydrogens is 468 g/mol. The predicted molar refractivity (Wildman–Crippen MR) is 133 cm³/mol. The van der Waals surface area contributed by atoms with Gasteiger partial charge < -0.3 is 10.1 Å². The highest BCUT2D eigenvalue weighted by Crippen LogP contribution is 2.21. The third-order valence-electron chi connectivity index (χ3n) is 5.26. The first-order valence-corrected chi connectivity index (χ1v) is 12.3. The van der Waals surface area contributed by atoms with Crippen molar-refractivity contribution in [2.45, 2.75) is 38.7 Å². The molecule has 9 heteroatoms. The van der Waals surface area contributed by atoms with Crippen LogP contribution in [-0.4, -0.2) is 32.2 Å². The van der Waals surface area contributed by atoms with Crippen LogP contribution in [0.1, 0.15) is 45.7 Å². The van der Waals surface area contributed by atoms with Gasteiger partial charge in [-0.05, 0) is 81.8 Å². The summed E-state index contributed by atoms with van der Waals surface area (Å²) in [7, 11) is -3.96. The Balaban J connectivity index is 1.71. The molecule has 0 fully saturated rings. The van der Waals surface area contributed by atoms with Crippen molar-refractivity contribution in [3.63, 3.8) is 0 Å². The minimum absolute atomic E-state index is 0.0299. The monoisotopic (exact) mass is 494 g/mol. The number of aryl methyl sites for hydroxylation is 2. The van der Waals surface area contributed by atoms with Crippen LogP contribution >= 0.6 is 0 Å². The third-order valence-corrected chi connectivity index (χ3v) is 6.63. The molecule has 0 aliphatic rings. The van der Waals surface area contributed by atoms with Gasteiger partial charge in [-0.15, -0.1) is 0 Å². The second-order valence-electron chi connectivity index (χ2n) is 8.12. The molecule has 8 nitrogen and oxygen atoms in total. The number of carbonyl (C=O) groups excluding carboxylic acids is 3. The lowest BCUT2D eigenvalue weighted by Crippen LogP contribution is -2.30. The normalized spacial score (nSPS) is 11.9. The van der Waals surface area contributed by atoms with E-state index >= 15 is 0 Å². The van der Waals surface area contributed by atoms with Crippen molar-refractivity contribution in [1.29, 1.82) is 0 Å². The lowest BCUT2D eigenvalue weighted by molar-refractivity contribution is -0.123. The molecule has 0 saturated heterocycles. The number of esters is 1. The molecule has 0 bridgehead atoms. The van der Waals surface area contributed by atoms with E-state index in [-0.39, 0.29) is 16.2 Å². The highest BCUT2D eigenvalue weighted by molar-refractivity contribution is 7.92. The van der Waals surface area contributed by atoms with Crippen LogP contribution in [-0.2, 0) is 19.6 Å². The summed E-state index contributed by atoms with van der Waals surface area (Å²) >= 11 is 0. The molecule has 35 heavy (non-hydrogen) atoms. The zero-order valence-corrected chi connectivity index (χ0v) is 20.6. The minimum atomic E-state index is -3.96. The Morgan fingerprint density at radius 3 is 2.06 bits per heavy atom. The topological polar surface area (TPSA) is 119 Å². The van der Waals surface area contributed by atoms with E-state index in [4.69, 9.17) is 4.74 Å². The Bertz CT molecular complexity index is 1360. The summed E-state index contributed by atoms with van der Waals surface area (Å²) in [4.78, 5) is 36.5. The molecule has 0 unspecified atom stereocenters. The Morgan fingerprint density at radius 2 is 1.46 bits per heavy atom. The number of hydrogen-bond donors (Lipinski definition) is 2. The van der Waals surface area contributed by atoms with E-state index in [0.29, 0.717) is 22.5 Å². The van der Waals surface area contributed by atoms with Gasteiger partial charge in [0.2, 0.25) is 0 Å². The summed E-state index contributed by atoms with van der Waals surface area (Å²) in [5.74, 6) is -1.50. The van der Waals surface area contributed by atoms with Crippen molar-refractivity contribution >= 4 is 39.1 Å². The number of hydrogen-bond acceptors (Lipinski definition) is 6. The second kappa shape index (κ2) is 10.5. The van der Waals surface area contributed by atoms with Crippen LogP contribution in [0.25, 0.3) is 0 Å². The first-order chi connectivity index (χ1) is 16.5. The highest BCUT2D eigenvalue weighted by atomic mass is 32.2. The Hall–Kier alpha value is -3.98. The maximum absolute atomic E-state index is 12.8. The summed E-state index contributed by atoms with van der Waals surface area (Å²) < 4.78 is 33.4. The fourth-order valence-corrected chi connectivity index (χ4v) is 4.22. The molecule has 0 aliphatic heterocycles. The van der Waals surface area contributed by atoms with Gasteiger partial charge >= 0.3 is 5.97 Å². The number of ketones is 1. The Kier molecular flexibility index (Phi) is 7.71. The molecule has 3 aromatic carbocycles. The largest absolute Gasteiger partial charge is 0.449 e. The van der Waals surface area contributed by atoms with Gasteiger partial charge in [0.25, 0.3) is 15.9 Å². The smallest absolute Gasteiger partial charge is 0.339 e. The van der Waals surface area contributed by atoms with E-state index in [2.05, 4.69) is 10.0 Å². The van der Waals surface area contributed by atoms with Crippen LogP contribution in [0.2, 0.25) is 0 Å². The van der Waals surface area contributed by atoms with E-state index in [9.17, 15) is 22.8 Å². The minimum Gasteiger partial charge on any atom is -0.449 e. The molecule has 1 amide bonds. The number of ether oxygens (including phenoxy) is 1. The number of nitrogens with one attached hydrogen (secondary N) is 2. The average molecular weight is 495 g/mol. The molecule has 0 radical (unpaired) electrons. The van der Waals surface area contributed by atoms with Crippen molar-refractivity contribution in [2.24, 2.45) is 0 Å². The van der Waals surface area contributed by atoms with Gasteiger partial charge in [0.15, 0.2) is 11.9 Å². The van der Waals surface area contributed by atoms with Crippen LogP contribution in [0.5, 0.6) is 0 Å². The summed E-state index contributed by atoms with van der Waals surface area (Å²) in [6.45, 7) is 6.38. The van der Waals surface area contributed by atoms with Crippen molar-refractivity contribution in [2.75, 3.05) is 10.0 Å². The Morgan fingerprint density at radius 1 is 0.857 bits per heavy atom. The summed E-state index contributed by atoms with van der Waals surface area (Å²) in [5.41, 5.74) is 2.85. The summed E-state index contributed by atoms with van der Waals surface area (Å²) in [6, 6.07) is 17.3. The van der Waals surface area contributed by atoms with Crippen molar-refractivity contribution in [1.82, 2.24) is 0 Å². The van der Waals surface area contributed by atoms with Gasteiger partial charge in [0, 0.05) is 16.9 Å². The van der Waals surface area contributed by atoms with Gasteiger partial charge in [0.05, 0.1) is 10.5 Å². The molecule has 0 saturated carbocycles. The molecule has 1 atom stereocenters. The number of carbonyl (C=O) groups is 3. The van der Waals surface area contributed by atoms with E-state index < -0.39 is 28.0 Å². The first-order valence-electron chi connectivity index (χ1n) is 10.8. The number of amides is 1. The van der Waals surface area contributed by atoms with Gasteiger partial charge in [-0.2, -0.15) is 0 Å². The molecule has 0 aliphatic carbocycles. The fourth-order valence-electron chi connectivity index (χ4n) is 3.13. The predicted octanol–water partition coefficient (Wildman–Crippen LogP) is 4.49. The molecule has 3 aromatic rings. The lowest BCUT2D eigenvalue weighted by Gasteiger charge is -2.15. The highest BCUT2D eigenvalue weighted by Gasteiger charge is 2.23. The molecule has 0 spiro atoms. The van der Waals surface area contributed by atoms with Crippen LogP contribution in [0, 0.1) is 13.8 Å². The van der Waals surface area contributed by atoms with E-state index in [1.165, 1.54) is 32.0 Å². The number of rotatable bonds is 8. The zero-order valence-electron chi connectivity index (χ0n) is 19.8. The summed E-state index contributed by atoms with van der Waals surface area (Å²) in [6.07, 6.45) is -1.15. The maximum Gasteiger partial charge on any atom is 0.339 e. The van der Waals surface area contributed by atoms with Crippen LogP contribution in [0.3, 0.4) is 0 Å². The molecule has 182 valence electrons. The second-order valence-corrected chi connectivity index (χ2v) is 9.80. The third kappa shape index (κ3) is 6.54. The molecule has 0 aromatic heterocycles. The van der Waals surface area contributed by atoms with Crippen molar-refractivity contribution < 1.29 is 27.5 Å². The number of sulfonamides is 1. The quantitative estimate of drug-likeness (QED) is 0.352. The lowest BCUT2D eigenvalue weighted by atomic mass is 10.1. The number of anilines is 2. The van der Waals surface area contributed by atoms with Gasteiger partial charge in [0.1, 0.15) is 0 Å². The van der Waals surface area contributed by atoms with Gasteiger partial charge in [-0.1, -0.05) is 23.8 Å². The molecule has 2 N–H and O–H groups in total. The van der Waals surface area contributed by atoms with Gasteiger partial charge in [-0.25, -0.2) is 13.2 Å². The molecule has 0 heterocycles. The number of Topliss-reactive ketones (excluding diaryl/α,β-unsaturated/α-hetero) is 1. The standard InChI is InChI=1S/C26H26N2O6S/c1-16-5-10-22(11-6-16)28-35(32,33)23-14-7-17(2)24(15-23)26(31)34-19(4)25(30)27-21-12-8-20(9-13-21)18(3)29/h5-15,19,28H,1-4H3,(H,27,30)/t19-/m0/s1. The first kappa shape index (κ1) is 25.6. The van der Waals surface area contributed by atoms with E-state index in [1.54, 1.807) is 55.5 Å². The zero-order chi connectivity index (χ0) is 25.8. The van der Waals surface area contributed by atoms with Crippen molar-refractivity contribution in [3.05, 3.63) is 89.0 Å². The summed E-state index contributed by atoms with van der Waals surface area (Å²) in [5, 5.41) is 2.61. The average Bonchev–Trinajstić information content (AvgIpc) is 2.80. The van der Waals surface area contributed by atoms with Crippen LogP contribution in [0.4, 0.5) is 11.4 Å².